The first-order valence-electron chi connectivity index (χ1n) is 9.93. The minimum atomic E-state index is -0.541. The number of aromatic nitrogens is 1. The highest BCUT2D eigenvalue weighted by atomic mass is 16.6. The Morgan fingerprint density at radius 1 is 1.10 bits per heavy atom. The zero-order valence-corrected chi connectivity index (χ0v) is 17.7. The number of esters is 1. The number of hydrogen-bond acceptors (Lipinski definition) is 6. The molecule has 1 aliphatic heterocycles. The molecule has 8 nitrogen and oxygen atoms in total. The first-order chi connectivity index (χ1) is 14.2. The molecule has 0 unspecified atom stereocenters. The molecular weight excluding hydrogens is 386 g/mol. The summed E-state index contributed by atoms with van der Waals surface area (Å²) >= 11 is 0. The highest BCUT2D eigenvalue weighted by Gasteiger charge is 2.30. The van der Waals surface area contributed by atoms with Crippen molar-refractivity contribution in [2.45, 2.75) is 39.2 Å². The molecule has 30 heavy (non-hydrogen) atoms. The van der Waals surface area contributed by atoms with Gasteiger partial charge in [0.25, 0.3) is 0 Å². The van der Waals surface area contributed by atoms with Crippen LogP contribution in [0.5, 0.6) is 0 Å². The van der Waals surface area contributed by atoms with Gasteiger partial charge in [0.1, 0.15) is 11.4 Å². The number of pyridine rings is 1. The molecule has 1 saturated heterocycles. The third-order valence-electron chi connectivity index (χ3n) is 4.91. The van der Waals surface area contributed by atoms with Crippen LogP contribution >= 0.6 is 0 Å². The van der Waals surface area contributed by atoms with E-state index in [1.165, 1.54) is 7.11 Å². The Kier molecular flexibility index (Phi) is 6.24. The molecule has 1 aromatic carbocycles. The van der Waals surface area contributed by atoms with E-state index in [1.807, 2.05) is 20.8 Å². The van der Waals surface area contributed by atoms with E-state index >= 15 is 0 Å². The monoisotopic (exact) mass is 413 g/mol. The van der Waals surface area contributed by atoms with Crippen LogP contribution in [-0.4, -0.2) is 53.7 Å². The zero-order chi connectivity index (χ0) is 21.9. The molecule has 0 aliphatic carbocycles. The van der Waals surface area contributed by atoms with Crippen LogP contribution in [0.4, 0.5) is 10.6 Å². The lowest BCUT2D eigenvalue weighted by atomic mass is 9.96. The van der Waals surface area contributed by atoms with Crippen molar-refractivity contribution in [1.29, 1.82) is 0 Å². The lowest BCUT2D eigenvalue weighted by Crippen LogP contribution is -2.43. The molecule has 2 heterocycles. The molecule has 1 N–H and O–H groups in total. The number of benzene rings is 1. The number of amides is 2. The summed E-state index contributed by atoms with van der Waals surface area (Å²) in [6.07, 6.45) is 2.42. The molecule has 160 valence electrons. The summed E-state index contributed by atoms with van der Waals surface area (Å²) in [6.45, 7) is 6.43. The second-order valence-electron chi connectivity index (χ2n) is 8.35. The number of nitrogens with zero attached hydrogens (tertiary/aromatic N) is 2. The van der Waals surface area contributed by atoms with E-state index in [0.717, 1.165) is 10.8 Å². The van der Waals surface area contributed by atoms with Crippen molar-refractivity contribution in [2.24, 2.45) is 5.92 Å². The third kappa shape index (κ3) is 5.25. The number of fused-ring (bicyclic) bond motifs is 1. The second kappa shape index (κ2) is 8.69. The average Bonchev–Trinajstić information content (AvgIpc) is 2.71. The maximum Gasteiger partial charge on any atom is 0.410 e. The third-order valence-corrected chi connectivity index (χ3v) is 4.91. The van der Waals surface area contributed by atoms with Gasteiger partial charge in [-0.3, -0.25) is 4.79 Å². The van der Waals surface area contributed by atoms with Gasteiger partial charge in [-0.1, -0.05) is 6.07 Å². The molecule has 3 rings (SSSR count). The number of ether oxygens (including phenoxy) is 2. The Bertz CT molecular complexity index is 959. The molecule has 0 bridgehead atoms. The van der Waals surface area contributed by atoms with Crippen molar-refractivity contribution in [3.63, 3.8) is 0 Å². The minimum Gasteiger partial charge on any atom is -0.465 e. The SMILES string of the molecule is COC(=O)c1ccc2cnc(NC(=O)C3CCN(C(=O)OC(C)(C)C)CC3)cc2c1. The Hall–Kier alpha value is -3.16. The van der Waals surface area contributed by atoms with Gasteiger partial charge in [-0.15, -0.1) is 0 Å². The van der Waals surface area contributed by atoms with Gasteiger partial charge in [-0.2, -0.15) is 0 Å². The Morgan fingerprint density at radius 3 is 2.43 bits per heavy atom. The van der Waals surface area contributed by atoms with Crippen molar-refractivity contribution in [3.05, 3.63) is 36.0 Å². The molecule has 0 spiro atoms. The van der Waals surface area contributed by atoms with E-state index in [2.05, 4.69) is 10.3 Å². The van der Waals surface area contributed by atoms with Gasteiger partial charge in [0.05, 0.1) is 12.7 Å². The number of methoxy groups -OCH3 is 1. The van der Waals surface area contributed by atoms with Crippen LogP contribution in [0.1, 0.15) is 44.0 Å². The molecule has 8 heteroatoms. The number of carbonyl (C=O) groups excluding carboxylic acids is 3. The number of nitrogens with one attached hydrogen (secondary N) is 1. The van der Waals surface area contributed by atoms with Crippen LogP contribution in [0.2, 0.25) is 0 Å². The van der Waals surface area contributed by atoms with Gasteiger partial charge in [0.15, 0.2) is 0 Å². The zero-order valence-electron chi connectivity index (χ0n) is 17.7. The largest absolute Gasteiger partial charge is 0.465 e. The molecule has 2 amide bonds. The van der Waals surface area contributed by atoms with E-state index in [4.69, 9.17) is 9.47 Å². The number of rotatable bonds is 3. The number of carbonyl (C=O) groups is 3. The summed E-state index contributed by atoms with van der Waals surface area (Å²) in [4.78, 5) is 42.5. The Balaban J connectivity index is 1.61. The summed E-state index contributed by atoms with van der Waals surface area (Å²) in [7, 11) is 1.33. The average molecular weight is 413 g/mol. The van der Waals surface area contributed by atoms with E-state index in [9.17, 15) is 14.4 Å². The molecule has 1 aromatic heterocycles. The number of hydrogen-bond donors (Lipinski definition) is 1. The first kappa shape index (κ1) is 21.5. The number of likely N-dealkylation sites (tertiary alicyclic amines) is 1. The van der Waals surface area contributed by atoms with Crippen LogP contribution in [0, 0.1) is 5.92 Å². The van der Waals surface area contributed by atoms with Crippen molar-refractivity contribution in [1.82, 2.24) is 9.88 Å². The van der Waals surface area contributed by atoms with Crippen LogP contribution in [0.25, 0.3) is 10.8 Å². The quantitative estimate of drug-likeness (QED) is 0.772. The van der Waals surface area contributed by atoms with Crippen molar-refractivity contribution >= 4 is 34.6 Å². The summed E-state index contributed by atoms with van der Waals surface area (Å²) < 4.78 is 10.1. The fourth-order valence-corrected chi connectivity index (χ4v) is 3.33. The number of anilines is 1. The molecular formula is C22H27N3O5. The van der Waals surface area contributed by atoms with Gasteiger partial charge in [-0.05, 0) is 57.2 Å². The Labute approximate surface area is 175 Å². The molecule has 1 aliphatic rings. The van der Waals surface area contributed by atoms with Gasteiger partial charge < -0.3 is 19.7 Å². The highest BCUT2D eigenvalue weighted by Crippen LogP contribution is 2.23. The maximum absolute atomic E-state index is 12.7. The summed E-state index contributed by atoms with van der Waals surface area (Å²) in [6, 6.07) is 6.90. The van der Waals surface area contributed by atoms with E-state index in [-0.39, 0.29) is 17.9 Å². The van der Waals surface area contributed by atoms with Gasteiger partial charge in [0, 0.05) is 30.6 Å². The smallest absolute Gasteiger partial charge is 0.410 e. The van der Waals surface area contributed by atoms with Gasteiger partial charge >= 0.3 is 12.1 Å². The fraction of sp³-hybridized carbons (Fsp3) is 0.455. The second-order valence-corrected chi connectivity index (χ2v) is 8.35. The van der Waals surface area contributed by atoms with Crippen LogP contribution < -0.4 is 5.32 Å². The van der Waals surface area contributed by atoms with Gasteiger partial charge in [-0.25, -0.2) is 14.6 Å². The van der Waals surface area contributed by atoms with Gasteiger partial charge in [0.2, 0.25) is 5.91 Å². The topological polar surface area (TPSA) is 97.8 Å². The summed E-state index contributed by atoms with van der Waals surface area (Å²) in [5.41, 5.74) is -0.108. The van der Waals surface area contributed by atoms with Crippen LogP contribution in [-0.2, 0) is 14.3 Å². The van der Waals surface area contributed by atoms with Crippen molar-refractivity contribution < 1.29 is 23.9 Å². The van der Waals surface area contributed by atoms with Crippen LogP contribution in [0.3, 0.4) is 0 Å². The minimum absolute atomic E-state index is 0.130. The normalized spacial score (nSPS) is 15.0. The van der Waals surface area contributed by atoms with Crippen LogP contribution in [0.15, 0.2) is 30.5 Å². The predicted octanol–water partition coefficient (Wildman–Crippen LogP) is 3.61. The summed E-state index contributed by atoms with van der Waals surface area (Å²) in [5.74, 6) is -0.336. The van der Waals surface area contributed by atoms with E-state index < -0.39 is 11.6 Å². The molecule has 1 fully saturated rings. The lowest BCUT2D eigenvalue weighted by Gasteiger charge is -2.32. The molecule has 0 atom stereocenters. The lowest BCUT2D eigenvalue weighted by molar-refractivity contribution is -0.121. The van der Waals surface area contributed by atoms with E-state index in [1.54, 1.807) is 35.4 Å². The molecule has 0 saturated carbocycles. The maximum atomic E-state index is 12.7. The first-order valence-corrected chi connectivity index (χ1v) is 9.93. The Morgan fingerprint density at radius 2 is 1.80 bits per heavy atom. The van der Waals surface area contributed by atoms with Crippen molar-refractivity contribution in [2.75, 3.05) is 25.5 Å². The predicted molar refractivity (Wildman–Crippen MR) is 112 cm³/mol. The standard InChI is InChI=1S/C22H27N3O5/c1-22(2,3)30-21(28)25-9-7-14(8-10-25)19(26)24-18-12-17-11-15(20(27)29-4)5-6-16(17)13-23-18/h5-6,11-14H,7-10H2,1-4H3,(H,23,24,26). The molecule has 2 aromatic rings. The summed E-state index contributed by atoms with van der Waals surface area (Å²) in [5, 5.41) is 4.48. The van der Waals surface area contributed by atoms with Crippen molar-refractivity contribution in [3.8, 4) is 0 Å². The number of piperidine rings is 1. The van der Waals surface area contributed by atoms with E-state index in [0.29, 0.717) is 37.3 Å². The fourth-order valence-electron chi connectivity index (χ4n) is 3.33. The highest BCUT2D eigenvalue weighted by molar-refractivity contribution is 5.97. The molecule has 0 radical (unpaired) electrons.